The van der Waals surface area contributed by atoms with Gasteiger partial charge in [0.2, 0.25) is 10.0 Å². The normalized spacial score (nSPS) is 24.7. The first-order chi connectivity index (χ1) is 10.9. The van der Waals surface area contributed by atoms with Crippen molar-refractivity contribution < 1.29 is 8.42 Å². The molecule has 5 nitrogen and oxygen atoms in total. The smallest absolute Gasteiger partial charge is 0.244 e. The van der Waals surface area contributed by atoms with Crippen LogP contribution in [0.1, 0.15) is 39.2 Å². The molecule has 1 N–H and O–H groups in total. The molecule has 0 amide bonds. The third-order valence-corrected chi connectivity index (χ3v) is 6.23. The van der Waals surface area contributed by atoms with Gasteiger partial charge >= 0.3 is 0 Å². The van der Waals surface area contributed by atoms with Gasteiger partial charge in [0, 0.05) is 19.1 Å². The van der Waals surface area contributed by atoms with Crippen molar-refractivity contribution in [2.45, 2.75) is 51.1 Å². The van der Waals surface area contributed by atoms with Gasteiger partial charge in [-0.3, -0.25) is 4.90 Å². The summed E-state index contributed by atoms with van der Waals surface area (Å²) in [7, 11) is -3.39. The predicted octanol–water partition coefficient (Wildman–Crippen LogP) is 2.38. The van der Waals surface area contributed by atoms with E-state index in [0.29, 0.717) is 11.6 Å². The Labute approximate surface area is 139 Å². The van der Waals surface area contributed by atoms with Gasteiger partial charge in [-0.1, -0.05) is 13.0 Å². The summed E-state index contributed by atoms with van der Waals surface area (Å²) in [5.74, 6) is 0.725. The third-order valence-electron chi connectivity index (χ3n) is 4.82. The van der Waals surface area contributed by atoms with Gasteiger partial charge in [0.05, 0.1) is 12.4 Å². The molecule has 128 valence electrons. The molecule has 6 heteroatoms. The topological polar surface area (TPSA) is 52.7 Å². The summed E-state index contributed by atoms with van der Waals surface area (Å²) in [5.41, 5.74) is 1.89. The Kier molecular flexibility index (Phi) is 4.67. The number of nitrogens with zero attached hydrogens (tertiary/aromatic N) is 2. The number of sulfonamides is 1. The van der Waals surface area contributed by atoms with E-state index < -0.39 is 10.0 Å². The van der Waals surface area contributed by atoms with E-state index in [0.717, 1.165) is 36.8 Å². The summed E-state index contributed by atoms with van der Waals surface area (Å²) in [5, 5.41) is 0. The molecule has 1 atom stereocenters. The van der Waals surface area contributed by atoms with E-state index >= 15 is 0 Å². The lowest BCUT2D eigenvalue weighted by molar-refractivity contribution is 0.176. The van der Waals surface area contributed by atoms with Crippen LogP contribution in [0.25, 0.3) is 0 Å². The van der Waals surface area contributed by atoms with Crippen molar-refractivity contribution in [1.29, 1.82) is 0 Å². The average molecular weight is 337 g/mol. The van der Waals surface area contributed by atoms with E-state index in [-0.39, 0.29) is 6.04 Å². The molecule has 0 aliphatic carbocycles. The van der Waals surface area contributed by atoms with E-state index in [9.17, 15) is 8.42 Å². The van der Waals surface area contributed by atoms with Crippen LogP contribution >= 0.6 is 0 Å². The second-order valence-electron chi connectivity index (χ2n) is 7.15. The minimum atomic E-state index is -3.39. The van der Waals surface area contributed by atoms with E-state index in [1.165, 1.54) is 12.8 Å². The first kappa shape index (κ1) is 16.7. The molecule has 1 aromatic carbocycles. The van der Waals surface area contributed by atoms with Crippen LogP contribution in [0.15, 0.2) is 23.1 Å². The van der Waals surface area contributed by atoms with Crippen LogP contribution in [0, 0.1) is 5.92 Å². The molecule has 0 aromatic heterocycles. The van der Waals surface area contributed by atoms with Gasteiger partial charge in [-0.2, -0.15) is 4.72 Å². The number of rotatable bonds is 3. The van der Waals surface area contributed by atoms with Crippen molar-refractivity contribution in [3.8, 4) is 0 Å². The molecule has 23 heavy (non-hydrogen) atoms. The third kappa shape index (κ3) is 3.54. The Hall–Kier alpha value is -1.11. The minimum Gasteiger partial charge on any atom is -0.354 e. The highest BCUT2D eigenvalue weighted by atomic mass is 32.2. The maximum absolute atomic E-state index is 12.4. The lowest BCUT2D eigenvalue weighted by atomic mass is 10.00. The average Bonchev–Trinajstić information content (AvgIpc) is 2.47. The number of nitrogens with one attached hydrogen (secondary N) is 1. The maximum atomic E-state index is 12.4. The van der Waals surface area contributed by atoms with Crippen LogP contribution in [-0.4, -0.2) is 39.1 Å². The summed E-state index contributed by atoms with van der Waals surface area (Å²) < 4.78 is 27.4. The lowest BCUT2D eigenvalue weighted by Gasteiger charge is -2.35. The Morgan fingerprint density at radius 2 is 2.13 bits per heavy atom. The van der Waals surface area contributed by atoms with Gasteiger partial charge in [0.25, 0.3) is 0 Å². The van der Waals surface area contributed by atoms with Gasteiger partial charge in [-0.05, 0) is 56.8 Å². The first-order valence-corrected chi connectivity index (χ1v) is 9.97. The first-order valence-electron chi connectivity index (χ1n) is 8.48. The summed E-state index contributed by atoms with van der Waals surface area (Å²) in [6, 6.07) is 6.15. The van der Waals surface area contributed by atoms with Gasteiger partial charge in [-0.25, -0.2) is 8.42 Å². The van der Waals surface area contributed by atoms with Crippen molar-refractivity contribution in [3.63, 3.8) is 0 Å². The highest BCUT2D eigenvalue weighted by molar-refractivity contribution is 7.89. The second kappa shape index (κ2) is 6.42. The number of fused-ring (bicyclic) bond motifs is 1. The Balaban J connectivity index is 1.88. The molecule has 2 heterocycles. The van der Waals surface area contributed by atoms with Crippen LogP contribution < -0.4 is 9.62 Å². The fourth-order valence-corrected chi connectivity index (χ4v) is 4.81. The number of anilines is 1. The minimum absolute atomic E-state index is 0.255. The number of hydrogen-bond donors (Lipinski definition) is 1. The number of likely N-dealkylation sites (tertiary alicyclic amines) is 1. The summed E-state index contributed by atoms with van der Waals surface area (Å²) >= 11 is 0. The van der Waals surface area contributed by atoms with Crippen molar-refractivity contribution in [1.82, 2.24) is 9.62 Å². The van der Waals surface area contributed by atoms with E-state index in [1.807, 2.05) is 12.1 Å². The molecule has 3 rings (SSSR count). The SMILES string of the molecule is CC(C)N1CNS(=O)(=O)c2cc(CN3CCC[C@H](C)C3)ccc21. The number of piperidine rings is 1. The van der Waals surface area contributed by atoms with E-state index in [2.05, 4.69) is 41.4 Å². The highest BCUT2D eigenvalue weighted by Crippen LogP contribution is 2.31. The quantitative estimate of drug-likeness (QED) is 0.920. The van der Waals surface area contributed by atoms with Crippen molar-refractivity contribution in [3.05, 3.63) is 23.8 Å². The fraction of sp³-hybridized carbons (Fsp3) is 0.647. The Bertz CT molecular complexity index is 672. The maximum Gasteiger partial charge on any atom is 0.244 e. The molecule has 2 aliphatic heterocycles. The van der Waals surface area contributed by atoms with Crippen LogP contribution in [0.4, 0.5) is 5.69 Å². The van der Waals surface area contributed by atoms with Gasteiger partial charge < -0.3 is 4.90 Å². The highest BCUT2D eigenvalue weighted by Gasteiger charge is 2.29. The molecule has 0 bridgehead atoms. The molecular formula is C17H27N3O2S. The molecular weight excluding hydrogens is 310 g/mol. The zero-order valence-electron chi connectivity index (χ0n) is 14.2. The molecule has 0 saturated carbocycles. The van der Waals surface area contributed by atoms with Gasteiger partial charge in [0.1, 0.15) is 4.90 Å². The fourth-order valence-electron chi connectivity index (χ4n) is 3.58. The molecule has 0 spiro atoms. The van der Waals surface area contributed by atoms with Crippen LogP contribution in [0.5, 0.6) is 0 Å². The van der Waals surface area contributed by atoms with Crippen LogP contribution in [0.2, 0.25) is 0 Å². The van der Waals surface area contributed by atoms with Crippen molar-refractivity contribution >= 4 is 15.7 Å². The molecule has 2 aliphatic rings. The molecule has 0 unspecified atom stereocenters. The van der Waals surface area contributed by atoms with Gasteiger partial charge in [0.15, 0.2) is 0 Å². The zero-order valence-corrected chi connectivity index (χ0v) is 15.1. The monoisotopic (exact) mass is 337 g/mol. The van der Waals surface area contributed by atoms with Crippen LogP contribution in [-0.2, 0) is 16.6 Å². The number of hydrogen-bond acceptors (Lipinski definition) is 4. The van der Waals surface area contributed by atoms with Crippen LogP contribution in [0.3, 0.4) is 0 Å². The summed E-state index contributed by atoms with van der Waals surface area (Å²) in [6.07, 6.45) is 2.52. The van der Waals surface area contributed by atoms with Crippen molar-refractivity contribution in [2.75, 3.05) is 24.7 Å². The van der Waals surface area contributed by atoms with Crippen molar-refractivity contribution in [2.24, 2.45) is 5.92 Å². The second-order valence-corrected chi connectivity index (χ2v) is 8.89. The molecule has 1 saturated heterocycles. The van der Waals surface area contributed by atoms with Gasteiger partial charge in [-0.15, -0.1) is 0 Å². The largest absolute Gasteiger partial charge is 0.354 e. The summed E-state index contributed by atoms with van der Waals surface area (Å²) in [6.45, 7) is 9.81. The standard InChI is InChI=1S/C17H27N3O2S/c1-13(2)20-12-18-23(21,22)17-9-15(6-7-16(17)20)11-19-8-4-5-14(3)10-19/h6-7,9,13-14,18H,4-5,8,10-12H2,1-3H3/t14-/m0/s1. The van der Waals surface area contributed by atoms with E-state index in [4.69, 9.17) is 0 Å². The van der Waals surface area contributed by atoms with E-state index in [1.54, 1.807) is 0 Å². The Morgan fingerprint density at radius 3 is 2.83 bits per heavy atom. The number of benzene rings is 1. The molecule has 1 aromatic rings. The molecule has 0 radical (unpaired) electrons. The summed E-state index contributed by atoms with van der Waals surface area (Å²) in [4.78, 5) is 4.93. The Morgan fingerprint density at radius 1 is 1.35 bits per heavy atom. The zero-order chi connectivity index (χ0) is 16.6. The molecule has 1 fully saturated rings. The lowest BCUT2D eigenvalue weighted by Crippen LogP contribution is -2.46. The predicted molar refractivity (Wildman–Crippen MR) is 92.9 cm³/mol.